The Kier molecular flexibility index (Phi) is 7.19. The van der Waals surface area contributed by atoms with Gasteiger partial charge < -0.3 is 9.47 Å². The van der Waals surface area contributed by atoms with Crippen molar-refractivity contribution >= 4 is 27.4 Å². The molecule has 2 aromatic heterocycles. The molecule has 0 spiro atoms. The lowest BCUT2D eigenvalue weighted by atomic mass is 10.2. The van der Waals surface area contributed by atoms with Gasteiger partial charge in [-0.25, -0.2) is 28.4 Å². The molecule has 0 saturated heterocycles. The molecule has 4 aromatic rings. The number of sulfonamides is 1. The third-order valence-electron chi connectivity index (χ3n) is 4.63. The van der Waals surface area contributed by atoms with Crippen LogP contribution in [0.2, 0.25) is 5.15 Å². The highest BCUT2D eigenvalue weighted by Gasteiger charge is 2.23. The van der Waals surface area contributed by atoms with E-state index in [1.807, 2.05) is 30.3 Å². The summed E-state index contributed by atoms with van der Waals surface area (Å²) < 4.78 is 39.6. The van der Waals surface area contributed by atoms with Crippen LogP contribution in [-0.2, 0) is 16.4 Å². The number of halogens is 1. The van der Waals surface area contributed by atoms with Crippen LogP contribution >= 0.6 is 11.6 Å². The lowest BCUT2D eigenvalue weighted by Gasteiger charge is -2.16. The van der Waals surface area contributed by atoms with Gasteiger partial charge >= 0.3 is 0 Å². The molecule has 0 saturated carbocycles. The Morgan fingerprint density at radius 1 is 0.882 bits per heavy atom. The van der Waals surface area contributed by atoms with E-state index >= 15 is 0 Å². The van der Waals surface area contributed by atoms with Gasteiger partial charge in [0.2, 0.25) is 21.6 Å². The summed E-state index contributed by atoms with van der Waals surface area (Å²) in [5.41, 5.74) is 0.887. The Hall–Kier alpha value is -3.76. The van der Waals surface area contributed by atoms with Gasteiger partial charge in [0, 0.05) is 12.4 Å². The largest absolute Gasteiger partial charge is 0.493 e. The number of para-hydroxylation sites is 2. The summed E-state index contributed by atoms with van der Waals surface area (Å²) in [7, 11) is -2.34. The van der Waals surface area contributed by atoms with Gasteiger partial charge in [-0.1, -0.05) is 54.1 Å². The number of nitrogens with one attached hydrogen (secondary N) is 1. The second-order valence-corrected chi connectivity index (χ2v) is 9.20. The van der Waals surface area contributed by atoms with Crippen molar-refractivity contribution < 1.29 is 17.9 Å². The number of rotatable bonds is 9. The molecule has 0 aliphatic rings. The topological polar surface area (TPSA) is 116 Å². The summed E-state index contributed by atoms with van der Waals surface area (Å²) in [5.74, 6) is 0.562. The van der Waals surface area contributed by atoms with E-state index in [1.165, 1.54) is 19.5 Å². The van der Waals surface area contributed by atoms with Crippen LogP contribution in [0.5, 0.6) is 17.2 Å². The smallest absolute Gasteiger partial charge is 0.234 e. The average Bonchev–Trinajstić information content (AvgIpc) is 2.86. The van der Waals surface area contributed by atoms with Crippen molar-refractivity contribution in [2.45, 2.75) is 6.42 Å². The molecule has 174 valence electrons. The van der Waals surface area contributed by atoms with Gasteiger partial charge in [-0.05, 0) is 30.2 Å². The number of aryl methyl sites for hydroxylation is 1. The first-order chi connectivity index (χ1) is 16.4. The van der Waals surface area contributed by atoms with E-state index < -0.39 is 10.0 Å². The van der Waals surface area contributed by atoms with Gasteiger partial charge in [-0.2, -0.15) is 0 Å². The van der Waals surface area contributed by atoms with Gasteiger partial charge in [0.05, 0.1) is 12.9 Å². The molecule has 0 amide bonds. The van der Waals surface area contributed by atoms with E-state index in [0.717, 1.165) is 5.56 Å². The molecular formula is C23H20ClN5O4S. The zero-order valence-electron chi connectivity index (χ0n) is 18.1. The lowest BCUT2D eigenvalue weighted by Crippen LogP contribution is -2.20. The van der Waals surface area contributed by atoms with E-state index in [1.54, 1.807) is 30.3 Å². The SMILES string of the molecule is COc1ccccc1Oc1c(Cl)nc(-c2ncccn2)nc1NS(=O)(=O)CCc1ccccc1. The summed E-state index contributed by atoms with van der Waals surface area (Å²) in [6.07, 6.45) is 3.34. The number of hydrogen-bond acceptors (Lipinski definition) is 8. The monoisotopic (exact) mass is 497 g/mol. The third kappa shape index (κ3) is 5.77. The fourth-order valence-corrected chi connectivity index (χ4v) is 4.25. The molecule has 1 N–H and O–H groups in total. The molecule has 34 heavy (non-hydrogen) atoms. The number of nitrogens with zero attached hydrogens (tertiary/aromatic N) is 4. The van der Waals surface area contributed by atoms with E-state index in [0.29, 0.717) is 17.9 Å². The van der Waals surface area contributed by atoms with Crippen LogP contribution < -0.4 is 14.2 Å². The molecule has 0 radical (unpaired) electrons. The van der Waals surface area contributed by atoms with Gasteiger partial charge in [0.1, 0.15) is 0 Å². The van der Waals surface area contributed by atoms with Crippen LogP contribution in [0.4, 0.5) is 5.82 Å². The molecule has 4 rings (SSSR count). The number of anilines is 1. The zero-order chi connectivity index (χ0) is 24.0. The fourth-order valence-electron chi connectivity index (χ4n) is 3.01. The van der Waals surface area contributed by atoms with E-state index in [-0.39, 0.29) is 34.1 Å². The van der Waals surface area contributed by atoms with Crippen LogP contribution in [0.25, 0.3) is 11.6 Å². The Morgan fingerprint density at radius 3 is 2.26 bits per heavy atom. The maximum absolute atomic E-state index is 12.9. The summed E-state index contributed by atoms with van der Waals surface area (Å²) >= 11 is 6.42. The van der Waals surface area contributed by atoms with Crippen LogP contribution in [0, 0.1) is 0 Å². The van der Waals surface area contributed by atoms with Crippen LogP contribution in [-0.4, -0.2) is 41.2 Å². The number of ether oxygens (including phenoxy) is 2. The van der Waals surface area contributed by atoms with Crippen molar-refractivity contribution in [2.24, 2.45) is 0 Å². The first kappa shape index (κ1) is 23.4. The number of aromatic nitrogens is 4. The van der Waals surface area contributed by atoms with Gasteiger partial charge in [-0.3, -0.25) is 4.72 Å². The molecule has 2 aromatic carbocycles. The molecule has 9 nitrogen and oxygen atoms in total. The Labute approximate surface area is 201 Å². The first-order valence-corrected chi connectivity index (χ1v) is 12.2. The normalized spacial score (nSPS) is 11.1. The van der Waals surface area contributed by atoms with Crippen molar-refractivity contribution in [1.82, 2.24) is 19.9 Å². The molecule has 0 aliphatic carbocycles. The molecule has 0 atom stereocenters. The van der Waals surface area contributed by atoms with Crippen molar-refractivity contribution in [3.05, 3.63) is 83.8 Å². The highest BCUT2D eigenvalue weighted by Crippen LogP contribution is 2.39. The third-order valence-corrected chi connectivity index (χ3v) is 6.13. The van der Waals surface area contributed by atoms with Crippen molar-refractivity contribution in [1.29, 1.82) is 0 Å². The minimum absolute atomic E-state index is 0.0405. The fraction of sp³-hybridized carbons (Fsp3) is 0.130. The number of hydrogen-bond donors (Lipinski definition) is 1. The minimum Gasteiger partial charge on any atom is -0.493 e. The second-order valence-electron chi connectivity index (χ2n) is 7.00. The second kappa shape index (κ2) is 10.4. The highest BCUT2D eigenvalue weighted by atomic mass is 35.5. The molecule has 0 fully saturated rings. The Bertz CT molecular complexity index is 1370. The minimum atomic E-state index is -3.83. The summed E-state index contributed by atoms with van der Waals surface area (Å²) in [6, 6.07) is 17.8. The first-order valence-electron chi connectivity index (χ1n) is 10.2. The van der Waals surface area contributed by atoms with Gasteiger partial charge in [-0.15, -0.1) is 0 Å². The average molecular weight is 498 g/mol. The molecular weight excluding hydrogens is 478 g/mol. The van der Waals surface area contributed by atoms with E-state index in [2.05, 4.69) is 24.7 Å². The highest BCUT2D eigenvalue weighted by molar-refractivity contribution is 7.92. The maximum atomic E-state index is 12.9. The summed E-state index contributed by atoms with van der Waals surface area (Å²) in [4.78, 5) is 16.8. The number of benzene rings is 2. The van der Waals surface area contributed by atoms with Crippen molar-refractivity contribution in [3.8, 4) is 28.9 Å². The van der Waals surface area contributed by atoms with Crippen molar-refractivity contribution in [2.75, 3.05) is 17.6 Å². The molecule has 0 unspecified atom stereocenters. The molecule has 0 aliphatic heterocycles. The Balaban J connectivity index is 1.70. The predicted octanol–water partition coefficient (Wildman–Crippen LogP) is 4.37. The Morgan fingerprint density at radius 2 is 1.56 bits per heavy atom. The maximum Gasteiger partial charge on any atom is 0.234 e. The standard InChI is InChI=1S/C23H20ClN5O4S/c1-32-17-10-5-6-11-18(17)33-19-20(24)27-23(22-25-13-7-14-26-22)28-21(19)29-34(30,31)15-12-16-8-3-2-4-9-16/h2-11,13-14H,12,15H2,1H3,(H,27,28,29). The molecule has 2 heterocycles. The van der Waals surface area contributed by atoms with E-state index in [9.17, 15) is 8.42 Å². The zero-order valence-corrected chi connectivity index (χ0v) is 19.6. The lowest BCUT2D eigenvalue weighted by molar-refractivity contribution is 0.378. The van der Waals surface area contributed by atoms with Gasteiger partial charge in [0.15, 0.2) is 28.3 Å². The quantitative estimate of drug-likeness (QED) is 0.339. The van der Waals surface area contributed by atoms with Crippen molar-refractivity contribution in [3.63, 3.8) is 0 Å². The number of methoxy groups -OCH3 is 1. The predicted molar refractivity (Wildman–Crippen MR) is 129 cm³/mol. The van der Waals surface area contributed by atoms with Crippen LogP contribution in [0.3, 0.4) is 0 Å². The van der Waals surface area contributed by atoms with Crippen LogP contribution in [0.15, 0.2) is 73.1 Å². The summed E-state index contributed by atoms with van der Waals surface area (Å²) in [6.45, 7) is 0. The van der Waals surface area contributed by atoms with Gasteiger partial charge in [0.25, 0.3) is 0 Å². The molecule has 0 bridgehead atoms. The van der Waals surface area contributed by atoms with Crippen LogP contribution in [0.1, 0.15) is 5.56 Å². The summed E-state index contributed by atoms with van der Waals surface area (Å²) in [5, 5.41) is -0.121. The van der Waals surface area contributed by atoms with E-state index in [4.69, 9.17) is 21.1 Å². The molecule has 11 heteroatoms.